The largest absolute Gasteiger partial charge is 0.315 e. The van der Waals surface area contributed by atoms with E-state index in [2.05, 4.69) is 22.2 Å². The van der Waals surface area contributed by atoms with E-state index < -0.39 is 0 Å². The lowest BCUT2D eigenvalue weighted by atomic mass is 9.97. The van der Waals surface area contributed by atoms with Gasteiger partial charge in [-0.2, -0.15) is 0 Å². The zero-order valence-corrected chi connectivity index (χ0v) is 12.6. The van der Waals surface area contributed by atoms with Crippen molar-refractivity contribution in [2.24, 2.45) is 0 Å². The van der Waals surface area contributed by atoms with Gasteiger partial charge < -0.3 is 10.2 Å². The van der Waals surface area contributed by atoms with Crippen molar-refractivity contribution in [3.05, 3.63) is 0 Å². The Bertz CT molecular complexity index is 267. The van der Waals surface area contributed by atoms with Crippen LogP contribution in [0.1, 0.15) is 51.4 Å². The molecule has 0 bridgehead atoms. The molecule has 2 heterocycles. The number of hydrogen-bond acceptors (Lipinski definition) is 3. The average Bonchev–Trinajstić information content (AvgIpc) is 2.97. The van der Waals surface area contributed by atoms with Crippen LogP contribution in [0, 0.1) is 0 Å². The van der Waals surface area contributed by atoms with Gasteiger partial charge in [-0.25, -0.2) is 0 Å². The summed E-state index contributed by atoms with van der Waals surface area (Å²) >= 11 is 0. The topological polar surface area (TPSA) is 18.5 Å². The smallest absolute Gasteiger partial charge is 0.0249 e. The quantitative estimate of drug-likeness (QED) is 0.843. The standard InChI is InChI=1S/C16H31N3/c1-17-15-6-5-7-16(15)19-12-8-14(9-13-19)18-10-3-2-4-11-18/h14-17H,2-13H2,1H3. The molecule has 0 spiro atoms. The van der Waals surface area contributed by atoms with Gasteiger partial charge in [-0.05, 0) is 71.8 Å². The first-order chi connectivity index (χ1) is 9.38. The lowest BCUT2D eigenvalue weighted by Crippen LogP contribution is -2.52. The highest BCUT2D eigenvalue weighted by Gasteiger charge is 2.34. The Morgan fingerprint density at radius 2 is 1.47 bits per heavy atom. The van der Waals surface area contributed by atoms with Gasteiger partial charge in [0.15, 0.2) is 0 Å². The monoisotopic (exact) mass is 265 g/mol. The number of hydrogen-bond donors (Lipinski definition) is 1. The summed E-state index contributed by atoms with van der Waals surface area (Å²) in [5, 5.41) is 3.53. The summed E-state index contributed by atoms with van der Waals surface area (Å²) in [6.45, 7) is 5.41. The number of nitrogens with zero attached hydrogens (tertiary/aromatic N) is 2. The maximum atomic E-state index is 3.53. The van der Waals surface area contributed by atoms with Crippen LogP contribution in [-0.2, 0) is 0 Å². The molecule has 1 saturated carbocycles. The summed E-state index contributed by atoms with van der Waals surface area (Å²) in [6.07, 6.45) is 11.4. The molecule has 3 rings (SSSR count). The van der Waals surface area contributed by atoms with Crippen LogP contribution in [0.15, 0.2) is 0 Å². The lowest BCUT2D eigenvalue weighted by Gasteiger charge is -2.43. The first-order valence-corrected chi connectivity index (χ1v) is 8.54. The highest BCUT2D eigenvalue weighted by atomic mass is 15.2. The second-order valence-electron chi connectivity index (χ2n) is 6.76. The molecule has 110 valence electrons. The predicted octanol–water partition coefficient (Wildman–Crippen LogP) is 2.08. The molecule has 3 heteroatoms. The highest BCUT2D eigenvalue weighted by Crippen LogP contribution is 2.28. The molecule has 0 radical (unpaired) electrons. The van der Waals surface area contributed by atoms with E-state index in [-0.39, 0.29) is 0 Å². The van der Waals surface area contributed by atoms with Crippen molar-refractivity contribution in [2.75, 3.05) is 33.2 Å². The third-order valence-electron chi connectivity index (χ3n) is 5.73. The molecule has 1 aliphatic carbocycles. The van der Waals surface area contributed by atoms with E-state index in [1.165, 1.54) is 77.5 Å². The summed E-state index contributed by atoms with van der Waals surface area (Å²) in [5.74, 6) is 0. The zero-order chi connectivity index (χ0) is 13.1. The SMILES string of the molecule is CNC1CCCC1N1CCC(N2CCCCC2)CC1. The van der Waals surface area contributed by atoms with Gasteiger partial charge in [0, 0.05) is 18.1 Å². The maximum Gasteiger partial charge on any atom is 0.0249 e. The van der Waals surface area contributed by atoms with Crippen molar-refractivity contribution in [3.63, 3.8) is 0 Å². The Hall–Kier alpha value is -0.120. The van der Waals surface area contributed by atoms with E-state index in [9.17, 15) is 0 Å². The molecule has 2 aliphatic heterocycles. The van der Waals surface area contributed by atoms with Gasteiger partial charge in [-0.3, -0.25) is 4.90 Å². The Labute approximate surface area is 118 Å². The Morgan fingerprint density at radius 1 is 0.737 bits per heavy atom. The van der Waals surface area contributed by atoms with Crippen LogP contribution < -0.4 is 5.32 Å². The first kappa shape index (κ1) is 13.8. The fourth-order valence-electron chi connectivity index (χ4n) is 4.58. The lowest BCUT2D eigenvalue weighted by molar-refractivity contribution is 0.0673. The van der Waals surface area contributed by atoms with Crippen molar-refractivity contribution < 1.29 is 0 Å². The molecule has 2 saturated heterocycles. The third kappa shape index (κ3) is 3.14. The minimum Gasteiger partial charge on any atom is -0.315 e. The van der Waals surface area contributed by atoms with Crippen LogP contribution in [0.25, 0.3) is 0 Å². The van der Waals surface area contributed by atoms with E-state index in [0.29, 0.717) is 0 Å². The molecule has 0 amide bonds. The van der Waals surface area contributed by atoms with Crippen LogP contribution in [0.3, 0.4) is 0 Å². The van der Waals surface area contributed by atoms with Gasteiger partial charge in [0.2, 0.25) is 0 Å². The van der Waals surface area contributed by atoms with Crippen molar-refractivity contribution in [3.8, 4) is 0 Å². The zero-order valence-electron chi connectivity index (χ0n) is 12.6. The minimum absolute atomic E-state index is 0.756. The van der Waals surface area contributed by atoms with Gasteiger partial charge in [0.05, 0.1) is 0 Å². The number of rotatable bonds is 3. The van der Waals surface area contributed by atoms with E-state index in [1.807, 2.05) is 0 Å². The Kier molecular flexibility index (Phi) is 4.78. The Balaban J connectivity index is 1.48. The number of nitrogens with one attached hydrogen (secondary N) is 1. The molecule has 2 atom stereocenters. The molecule has 3 fully saturated rings. The van der Waals surface area contributed by atoms with Crippen molar-refractivity contribution in [2.45, 2.75) is 69.5 Å². The van der Waals surface area contributed by atoms with Crippen LogP contribution >= 0.6 is 0 Å². The molecule has 19 heavy (non-hydrogen) atoms. The maximum absolute atomic E-state index is 3.53. The van der Waals surface area contributed by atoms with Gasteiger partial charge in [0.1, 0.15) is 0 Å². The summed E-state index contributed by atoms with van der Waals surface area (Å²) < 4.78 is 0. The first-order valence-electron chi connectivity index (χ1n) is 8.54. The summed E-state index contributed by atoms with van der Waals surface area (Å²) in [6, 6.07) is 2.48. The summed E-state index contributed by atoms with van der Waals surface area (Å²) in [5.41, 5.74) is 0. The van der Waals surface area contributed by atoms with E-state index in [4.69, 9.17) is 0 Å². The molecular formula is C16H31N3. The van der Waals surface area contributed by atoms with Gasteiger partial charge >= 0.3 is 0 Å². The van der Waals surface area contributed by atoms with Crippen molar-refractivity contribution in [1.82, 2.24) is 15.1 Å². The second kappa shape index (κ2) is 6.55. The number of piperidine rings is 2. The predicted molar refractivity (Wildman–Crippen MR) is 80.5 cm³/mol. The van der Waals surface area contributed by atoms with Crippen LogP contribution in [-0.4, -0.2) is 61.2 Å². The van der Waals surface area contributed by atoms with E-state index in [1.54, 1.807) is 0 Å². The minimum atomic E-state index is 0.756. The molecule has 1 N–H and O–H groups in total. The summed E-state index contributed by atoms with van der Waals surface area (Å²) in [7, 11) is 2.14. The van der Waals surface area contributed by atoms with Crippen molar-refractivity contribution >= 4 is 0 Å². The third-order valence-corrected chi connectivity index (χ3v) is 5.73. The average molecular weight is 265 g/mol. The fourth-order valence-corrected chi connectivity index (χ4v) is 4.58. The van der Waals surface area contributed by atoms with Crippen LogP contribution in [0.2, 0.25) is 0 Å². The summed E-state index contributed by atoms with van der Waals surface area (Å²) in [4.78, 5) is 5.57. The highest BCUT2D eigenvalue weighted by molar-refractivity contribution is 4.92. The molecule has 3 nitrogen and oxygen atoms in total. The Morgan fingerprint density at radius 3 is 2.16 bits per heavy atom. The van der Waals surface area contributed by atoms with E-state index >= 15 is 0 Å². The van der Waals surface area contributed by atoms with Crippen LogP contribution in [0.4, 0.5) is 0 Å². The number of likely N-dealkylation sites (tertiary alicyclic amines) is 2. The van der Waals surface area contributed by atoms with Gasteiger partial charge in [-0.15, -0.1) is 0 Å². The van der Waals surface area contributed by atoms with Gasteiger partial charge in [0.25, 0.3) is 0 Å². The number of likely N-dealkylation sites (N-methyl/N-ethyl adjacent to an activating group) is 1. The molecular weight excluding hydrogens is 234 g/mol. The fraction of sp³-hybridized carbons (Fsp3) is 1.00. The molecule has 2 unspecified atom stereocenters. The molecule has 3 aliphatic rings. The molecule has 0 aromatic heterocycles. The molecule has 0 aromatic carbocycles. The van der Waals surface area contributed by atoms with Crippen LogP contribution in [0.5, 0.6) is 0 Å². The second-order valence-corrected chi connectivity index (χ2v) is 6.76. The van der Waals surface area contributed by atoms with E-state index in [0.717, 1.165) is 18.1 Å². The van der Waals surface area contributed by atoms with Crippen molar-refractivity contribution in [1.29, 1.82) is 0 Å². The molecule has 0 aromatic rings. The van der Waals surface area contributed by atoms with Gasteiger partial charge in [-0.1, -0.05) is 12.8 Å². The normalized spacial score (nSPS) is 35.8.